The summed E-state index contributed by atoms with van der Waals surface area (Å²) < 4.78 is 5.39. The molecule has 0 amide bonds. The van der Waals surface area contributed by atoms with E-state index in [0.29, 0.717) is 6.54 Å². The number of furan rings is 1. The zero-order valence-electron chi connectivity index (χ0n) is 10.7. The van der Waals surface area contributed by atoms with E-state index in [9.17, 15) is 0 Å². The van der Waals surface area contributed by atoms with E-state index >= 15 is 0 Å². The predicted molar refractivity (Wildman–Crippen MR) is 77.0 cm³/mol. The normalized spacial score (nSPS) is 10.8. The quantitative estimate of drug-likeness (QED) is 0.729. The summed E-state index contributed by atoms with van der Waals surface area (Å²) in [4.78, 5) is 6.50. The summed E-state index contributed by atoms with van der Waals surface area (Å²) in [6.45, 7) is 0.712. The highest BCUT2D eigenvalue weighted by atomic mass is 16.3. The molecule has 2 heterocycles. The Balaban J connectivity index is 1.94. The van der Waals surface area contributed by atoms with Crippen LogP contribution in [0.25, 0.3) is 11.0 Å². The van der Waals surface area contributed by atoms with Crippen molar-refractivity contribution in [3.63, 3.8) is 0 Å². The van der Waals surface area contributed by atoms with Gasteiger partial charge in [-0.2, -0.15) is 0 Å². The second-order valence-corrected chi connectivity index (χ2v) is 4.52. The molecule has 2 N–H and O–H groups in total. The molecule has 0 fully saturated rings. The standard InChI is InChI=1S/C15H15N3O/c1-18(10-11-4-2-3-5-13(11)16)15-12-7-9-19-14(12)6-8-17-15/h2-9H,10,16H2,1H3. The number of aromatic nitrogens is 1. The molecule has 0 bridgehead atoms. The van der Waals surface area contributed by atoms with Gasteiger partial charge in [-0.3, -0.25) is 0 Å². The Morgan fingerprint density at radius 1 is 1.21 bits per heavy atom. The van der Waals surface area contributed by atoms with E-state index in [1.165, 1.54) is 0 Å². The summed E-state index contributed by atoms with van der Waals surface area (Å²) in [5.74, 6) is 0.898. The van der Waals surface area contributed by atoms with Gasteiger partial charge in [-0.15, -0.1) is 0 Å². The van der Waals surface area contributed by atoms with Crippen LogP contribution in [0.1, 0.15) is 5.56 Å². The van der Waals surface area contributed by atoms with Crippen LogP contribution in [0.5, 0.6) is 0 Å². The molecule has 4 heteroatoms. The number of hydrogen-bond donors (Lipinski definition) is 1. The number of rotatable bonds is 3. The number of nitrogens with zero attached hydrogens (tertiary/aromatic N) is 2. The average Bonchev–Trinajstić information content (AvgIpc) is 2.89. The Morgan fingerprint density at radius 3 is 2.89 bits per heavy atom. The Morgan fingerprint density at radius 2 is 2.05 bits per heavy atom. The first-order valence-electron chi connectivity index (χ1n) is 6.12. The van der Waals surface area contributed by atoms with Crippen LogP contribution in [0.3, 0.4) is 0 Å². The molecule has 0 unspecified atom stereocenters. The van der Waals surface area contributed by atoms with E-state index < -0.39 is 0 Å². The van der Waals surface area contributed by atoms with Crippen LogP contribution in [-0.2, 0) is 6.54 Å². The lowest BCUT2D eigenvalue weighted by molar-refractivity contribution is 0.615. The lowest BCUT2D eigenvalue weighted by atomic mass is 10.1. The molecule has 2 aromatic heterocycles. The summed E-state index contributed by atoms with van der Waals surface area (Å²) in [7, 11) is 2.00. The molecule has 4 nitrogen and oxygen atoms in total. The molecular weight excluding hydrogens is 238 g/mol. The number of pyridine rings is 1. The summed E-state index contributed by atoms with van der Waals surface area (Å²) in [6, 6.07) is 11.7. The molecule has 0 aliphatic carbocycles. The Labute approximate surface area is 111 Å². The van der Waals surface area contributed by atoms with Crippen LogP contribution < -0.4 is 10.6 Å². The number of hydrogen-bond acceptors (Lipinski definition) is 4. The highest BCUT2D eigenvalue weighted by Crippen LogP contribution is 2.26. The van der Waals surface area contributed by atoms with E-state index in [1.807, 2.05) is 43.4 Å². The van der Waals surface area contributed by atoms with E-state index in [0.717, 1.165) is 28.0 Å². The van der Waals surface area contributed by atoms with Crippen LogP contribution in [-0.4, -0.2) is 12.0 Å². The second kappa shape index (κ2) is 4.65. The average molecular weight is 253 g/mol. The van der Waals surface area contributed by atoms with Gasteiger partial charge in [0.25, 0.3) is 0 Å². The van der Waals surface area contributed by atoms with Crippen molar-refractivity contribution >= 4 is 22.5 Å². The Hall–Kier alpha value is -2.49. The molecule has 0 atom stereocenters. The lowest BCUT2D eigenvalue weighted by Crippen LogP contribution is -2.18. The van der Waals surface area contributed by atoms with Gasteiger partial charge in [-0.25, -0.2) is 4.98 Å². The van der Waals surface area contributed by atoms with Crippen LogP contribution in [0.2, 0.25) is 0 Å². The maximum Gasteiger partial charge on any atom is 0.139 e. The molecule has 3 aromatic rings. The fourth-order valence-electron chi connectivity index (χ4n) is 2.19. The van der Waals surface area contributed by atoms with Crippen molar-refractivity contribution in [2.75, 3.05) is 17.7 Å². The molecule has 19 heavy (non-hydrogen) atoms. The molecule has 96 valence electrons. The SMILES string of the molecule is CN(Cc1ccccc1N)c1nccc2occc12. The minimum absolute atomic E-state index is 0.712. The molecule has 0 saturated carbocycles. The second-order valence-electron chi connectivity index (χ2n) is 4.52. The maximum atomic E-state index is 5.97. The van der Waals surface area contributed by atoms with Gasteiger partial charge >= 0.3 is 0 Å². The van der Waals surface area contributed by atoms with Gasteiger partial charge in [0.2, 0.25) is 0 Å². The van der Waals surface area contributed by atoms with Gasteiger partial charge in [-0.05, 0) is 23.8 Å². The van der Waals surface area contributed by atoms with Crippen LogP contribution in [0.15, 0.2) is 53.3 Å². The lowest BCUT2D eigenvalue weighted by Gasteiger charge is -2.19. The van der Waals surface area contributed by atoms with Crippen molar-refractivity contribution in [1.82, 2.24) is 4.98 Å². The number of para-hydroxylation sites is 1. The first kappa shape index (κ1) is 11.6. The van der Waals surface area contributed by atoms with Gasteiger partial charge in [0.1, 0.15) is 11.4 Å². The number of anilines is 2. The molecule has 0 radical (unpaired) electrons. The van der Waals surface area contributed by atoms with Crippen molar-refractivity contribution in [3.05, 3.63) is 54.4 Å². The minimum atomic E-state index is 0.712. The fourth-order valence-corrected chi connectivity index (χ4v) is 2.19. The summed E-state index contributed by atoms with van der Waals surface area (Å²) >= 11 is 0. The third-order valence-electron chi connectivity index (χ3n) is 3.18. The number of nitrogen functional groups attached to an aromatic ring is 1. The first-order chi connectivity index (χ1) is 9.25. The molecule has 0 aliphatic heterocycles. The van der Waals surface area contributed by atoms with E-state index in [4.69, 9.17) is 10.2 Å². The van der Waals surface area contributed by atoms with Crippen molar-refractivity contribution < 1.29 is 4.42 Å². The molecule has 0 aliphatic rings. The number of nitrogens with two attached hydrogens (primary N) is 1. The molecule has 1 aromatic carbocycles. The number of benzene rings is 1. The van der Waals surface area contributed by atoms with Gasteiger partial charge in [0.05, 0.1) is 11.6 Å². The zero-order valence-corrected chi connectivity index (χ0v) is 10.7. The van der Waals surface area contributed by atoms with Gasteiger partial charge in [-0.1, -0.05) is 18.2 Å². The molecule has 3 rings (SSSR count). The van der Waals surface area contributed by atoms with Gasteiger partial charge < -0.3 is 15.1 Å². The van der Waals surface area contributed by atoms with Crippen molar-refractivity contribution in [2.45, 2.75) is 6.54 Å². The maximum absolute atomic E-state index is 5.97. The van der Waals surface area contributed by atoms with Gasteiger partial charge in [0.15, 0.2) is 0 Å². The highest BCUT2D eigenvalue weighted by Gasteiger charge is 2.10. The zero-order chi connectivity index (χ0) is 13.2. The van der Waals surface area contributed by atoms with Crippen molar-refractivity contribution in [1.29, 1.82) is 0 Å². The monoisotopic (exact) mass is 253 g/mol. The van der Waals surface area contributed by atoms with E-state index in [2.05, 4.69) is 9.88 Å². The Kier molecular flexibility index (Phi) is 2.83. The van der Waals surface area contributed by atoms with Crippen molar-refractivity contribution in [2.24, 2.45) is 0 Å². The van der Waals surface area contributed by atoms with Gasteiger partial charge in [0, 0.05) is 25.5 Å². The highest BCUT2D eigenvalue weighted by molar-refractivity contribution is 5.88. The predicted octanol–water partition coefficient (Wildman–Crippen LogP) is 3.05. The van der Waals surface area contributed by atoms with E-state index in [-0.39, 0.29) is 0 Å². The number of fused-ring (bicyclic) bond motifs is 1. The smallest absolute Gasteiger partial charge is 0.139 e. The molecule has 0 spiro atoms. The molecular formula is C15H15N3O. The van der Waals surface area contributed by atoms with Crippen LogP contribution >= 0.6 is 0 Å². The Bertz CT molecular complexity index is 705. The third kappa shape index (κ3) is 2.12. The first-order valence-corrected chi connectivity index (χ1v) is 6.12. The molecule has 0 saturated heterocycles. The summed E-state index contributed by atoms with van der Waals surface area (Å²) in [5, 5.41) is 1.01. The van der Waals surface area contributed by atoms with Crippen LogP contribution in [0, 0.1) is 0 Å². The largest absolute Gasteiger partial charge is 0.464 e. The fraction of sp³-hybridized carbons (Fsp3) is 0.133. The summed E-state index contributed by atoms with van der Waals surface area (Å²) in [5.41, 5.74) is 8.71. The third-order valence-corrected chi connectivity index (χ3v) is 3.18. The van der Waals surface area contributed by atoms with Crippen molar-refractivity contribution in [3.8, 4) is 0 Å². The van der Waals surface area contributed by atoms with E-state index in [1.54, 1.807) is 12.5 Å². The summed E-state index contributed by atoms with van der Waals surface area (Å²) in [6.07, 6.45) is 3.44. The topological polar surface area (TPSA) is 55.3 Å². The van der Waals surface area contributed by atoms with Crippen LogP contribution in [0.4, 0.5) is 11.5 Å². The minimum Gasteiger partial charge on any atom is -0.464 e.